The predicted octanol–water partition coefficient (Wildman–Crippen LogP) is 2.14. The van der Waals surface area contributed by atoms with E-state index in [4.69, 9.17) is 4.74 Å². The maximum absolute atomic E-state index is 11.8. The summed E-state index contributed by atoms with van der Waals surface area (Å²) >= 11 is 1.68. The number of aryl methyl sites for hydroxylation is 1. The molecule has 2 rings (SSSR count). The molecule has 6 nitrogen and oxygen atoms in total. The summed E-state index contributed by atoms with van der Waals surface area (Å²) in [4.78, 5) is 22.8. The quantitative estimate of drug-likeness (QED) is 0.328. The van der Waals surface area contributed by atoms with Crippen LogP contribution in [0.1, 0.15) is 24.5 Å². The number of ether oxygens (including phenoxy) is 1. The van der Waals surface area contributed by atoms with Crippen LogP contribution in [0.3, 0.4) is 0 Å². The van der Waals surface area contributed by atoms with Crippen molar-refractivity contribution in [1.82, 2.24) is 15.2 Å². The van der Waals surface area contributed by atoms with Gasteiger partial charge >= 0.3 is 5.97 Å². The van der Waals surface area contributed by atoms with Crippen LogP contribution in [0.5, 0.6) is 0 Å². The molecule has 0 spiro atoms. The Bertz CT molecular complexity index is 549. The molecule has 8 heteroatoms. The molecule has 1 fully saturated rings. The predicted molar refractivity (Wildman–Crippen MR) is 103 cm³/mol. The molecule has 1 aromatic heterocycles. The summed E-state index contributed by atoms with van der Waals surface area (Å²) in [6, 6.07) is 0. The number of aliphatic imine (C=N–C) groups is 1. The molecular weight excluding hydrogens is 427 g/mol. The SMILES string of the molecule is CCc1nc(CNC(=NC)N2CC(C)C(C(=O)OC)C2)cs1.I. The third kappa shape index (κ3) is 5.03. The van der Waals surface area contributed by atoms with Crippen molar-refractivity contribution in [3.8, 4) is 0 Å². The number of nitrogens with one attached hydrogen (secondary N) is 1. The molecule has 2 atom stereocenters. The van der Waals surface area contributed by atoms with Gasteiger partial charge < -0.3 is 15.0 Å². The van der Waals surface area contributed by atoms with E-state index in [2.05, 4.69) is 39.4 Å². The van der Waals surface area contributed by atoms with Crippen molar-refractivity contribution < 1.29 is 9.53 Å². The Morgan fingerprint density at radius 3 is 2.87 bits per heavy atom. The summed E-state index contributed by atoms with van der Waals surface area (Å²) in [7, 11) is 3.20. The fraction of sp³-hybridized carbons (Fsp3) is 0.667. The van der Waals surface area contributed by atoms with Crippen LogP contribution in [0.4, 0.5) is 0 Å². The Morgan fingerprint density at radius 1 is 1.57 bits per heavy atom. The van der Waals surface area contributed by atoms with E-state index in [0.29, 0.717) is 13.1 Å². The summed E-state index contributed by atoms with van der Waals surface area (Å²) in [5.74, 6) is 0.841. The molecule has 1 aromatic rings. The molecule has 23 heavy (non-hydrogen) atoms. The zero-order valence-electron chi connectivity index (χ0n) is 14.0. The first-order valence-electron chi connectivity index (χ1n) is 7.55. The Balaban J connectivity index is 0.00000264. The molecule has 2 unspecified atom stereocenters. The van der Waals surface area contributed by atoms with Crippen molar-refractivity contribution >= 4 is 47.2 Å². The van der Waals surface area contributed by atoms with Gasteiger partial charge in [0.2, 0.25) is 0 Å². The lowest BCUT2D eigenvalue weighted by Gasteiger charge is -2.21. The average molecular weight is 452 g/mol. The number of nitrogens with zero attached hydrogens (tertiary/aromatic N) is 3. The lowest BCUT2D eigenvalue weighted by molar-refractivity contribution is -0.145. The van der Waals surface area contributed by atoms with Gasteiger partial charge in [0.05, 0.1) is 30.3 Å². The zero-order chi connectivity index (χ0) is 16.1. The molecule has 0 saturated carbocycles. The van der Waals surface area contributed by atoms with Gasteiger partial charge in [-0.15, -0.1) is 35.3 Å². The second-order valence-electron chi connectivity index (χ2n) is 5.50. The Kier molecular flexibility index (Phi) is 8.24. The maximum Gasteiger partial charge on any atom is 0.310 e. The number of likely N-dealkylation sites (tertiary alicyclic amines) is 1. The summed E-state index contributed by atoms with van der Waals surface area (Å²) in [6.45, 7) is 6.27. The van der Waals surface area contributed by atoms with Crippen molar-refractivity contribution in [3.05, 3.63) is 16.1 Å². The number of aromatic nitrogens is 1. The van der Waals surface area contributed by atoms with E-state index >= 15 is 0 Å². The number of carbonyl (C=O) groups excluding carboxylic acids is 1. The summed E-state index contributed by atoms with van der Waals surface area (Å²) < 4.78 is 4.88. The summed E-state index contributed by atoms with van der Waals surface area (Å²) in [6.07, 6.45) is 0.962. The van der Waals surface area contributed by atoms with E-state index in [9.17, 15) is 4.79 Å². The first-order chi connectivity index (χ1) is 10.6. The summed E-state index contributed by atoms with van der Waals surface area (Å²) in [5.41, 5.74) is 1.03. The van der Waals surface area contributed by atoms with Crippen LogP contribution in [-0.4, -0.2) is 49.1 Å². The molecule has 0 aromatic carbocycles. The fourth-order valence-corrected chi connectivity index (χ4v) is 3.44. The third-order valence-electron chi connectivity index (χ3n) is 3.96. The molecule has 1 N–H and O–H groups in total. The van der Waals surface area contributed by atoms with Gasteiger partial charge in [-0.1, -0.05) is 13.8 Å². The van der Waals surface area contributed by atoms with Gasteiger partial charge in [0, 0.05) is 25.5 Å². The first-order valence-corrected chi connectivity index (χ1v) is 8.43. The first kappa shape index (κ1) is 20.1. The van der Waals surface area contributed by atoms with Gasteiger partial charge in [0.15, 0.2) is 5.96 Å². The van der Waals surface area contributed by atoms with Crippen molar-refractivity contribution in [3.63, 3.8) is 0 Å². The molecule has 0 radical (unpaired) electrons. The van der Waals surface area contributed by atoms with Crippen LogP contribution >= 0.6 is 35.3 Å². The van der Waals surface area contributed by atoms with E-state index < -0.39 is 0 Å². The second-order valence-corrected chi connectivity index (χ2v) is 6.44. The standard InChI is InChI=1S/C15H24N4O2S.HI/c1-5-13-18-11(9-22-13)6-17-15(16-3)19-7-10(2)12(8-19)14(20)21-4;/h9-10,12H,5-8H2,1-4H3,(H,16,17);1H. The Labute approximate surface area is 158 Å². The number of hydrogen-bond donors (Lipinski definition) is 1. The van der Waals surface area contributed by atoms with E-state index in [1.165, 1.54) is 7.11 Å². The minimum atomic E-state index is -0.141. The van der Waals surface area contributed by atoms with Gasteiger partial charge in [0.25, 0.3) is 0 Å². The van der Waals surface area contributed by atoms with Gasteiger partial charge in [-0.05, 0) is 12.3 Å². The highest BCUT2D eigenvalue weighted by molar-refractivity contribution is 14.0. The largest absolute Gasteiger partial charge is 0.469 e. The van der Waals surface area contributed by atoms with E-state index in [0.717, 1.165) is 29.6 Å². The topological polar surface area (TPSA) is 66.8 Å². The van der Waals surface area contributed by atoms with E-state index in [-0.39, 0.29) is 41.8 Å². The normalized spacial score (nSPS) is 21.0. The van der Waals surface area contributed by atoms with Crippen molar-refractivity contribution in [2.45, 2.75) is 26.8 Å². The lowest BCUT2D eigenvalue weighted by atomic mass is 9.99. The molecule has 1 aliphatic heterocycles. The smallest absolute Gasteiger partial charge is 0.310 e. The van der Waals surface area contributed by atoms with Crippen LogP contribution in [0.15, 0.2) is 10.4 Å². The fourth-order valence-electron chi connectivity index (χ4n) is 2.69. The van der Waals surface area contributed by atoms with E-state index in [1.807, 2.05) is 0 Å². The van der Waals surface area contributed by atoms with Crippen LogP contribution in [0, 0.1) is 11.8 Å². The Hall–Kier alpha value is -0.900. The number of hydrogen-bond acceptors (Lipinski definition) is 5. The van der Waals surface area contributed by atoms with Gasteiger partial charge in [-0.2, -0.15) is 0 Å². The highest BCUT2D eigenvalue weighted by atomic mass is 127. The molecule has 1 aliphatic rings. The third-order valence-corrected chi connectivity index (χ3v) is 5.00. The molecule has 0 bridgehead atoms. The van der Waals surface area contributed by atoms with Crippen LogP contribution in [0.2, 0.25) is 0 Å². The monoisotopic (exact) mass is 452 g/mol. The molecular formula is C15H25IN4O2S. The molecule has 2 heterocycles. The molecule has 130 valence electrons. The molecule has 0 aliphatic carbocycles. The van der Waals surface area contributed by atoms with Crippen LogP contribution in [-0.2, 0) is 22.5 Å². The van der Waals surface area contributed by atoms with Crippen molar-refractivity contribution in [1.29, 1.82) is 0 Å². The van der Waals surface area contributed by atoms with Gasteiger partial charge in [-0.25, -0.2) is 4.98 Å². The zero-order valence-corrected chi connectivity index (χ0v) is 17.2. The number of guanidine groups is 1. The molecule has 0 amide bonds. The van der Waals surface area contributed by atoms with Crippen molar-refractivity contribution in [2.24, 2.45) is 16.8 Å². The highest BCUT2D eigenvalue weighted by Gasteiger charge is 2.36. The molecule has 1 saturated heterocycles. The van der Waals surface area contributed by atoms with Gasteiger partial charge in [0.1, 0.15) is 0 Å². The Morgan fingerprint density at radius 2 is 2.30 bits per heavy atom. The van der Waals surface area contributed by atoms with E-state index in [1.54, 1.807) is 18.4 Å². The number of thiazole rings is 1. The lowest BCUT2D eigenvalue weighted by Crippen LogP contribution is -2.40. The second kappa shape index (κ2) is 9.41. The maximum atomic E-state index is 11.8. The number of carbonyl (C=O) groups is 1. The average Bonchev–Trinajstić information content (AvgIpc) is 3.14. The van der Waals surface area contributed by atoms with Crippen LogP contribution < -0.4 is 5.32 Å². The van der Waals surface area contributed by atoms with Crippen LogP contribution in [0.25, 0.3) is 0 Å². The number of esters is 1. The van der Waals surface area contributed by atoms with Crippen molar-refractivity contribution in [2.75, 3.05) is 27.2 Å². The van der Waals surface area contributed by atoms with Gasteiger partial charge in [-0.3, -0.25) is 9.79 Å². The minimum Gasteiger partial charge on any atom is -0.469 e. The number of halogens is 1. The highest BCUT2D eigenvalue weighted by Crippen LogP contribution is 2.24. The number of rotatable bonds is 4. The minimum absolute atomic E-state index is 0. The summed E-state index contributed by atoms with van der Waals surface area (Å²) in [5, 5.41) is 6.55. The number of methoxy groups -OCH3 is 1.